The molecular formula is C16H20N2O4S. The first kappa shape index (κ1) is 17.3. The summed E-state index contributed by atoms with van der Waals surface area (Å²) in [7, 11) is 0. The molecular weight excluding hydrogens is 316 g/mol. The molecule has 0 bridgehead atoms. The van der Waals surface area contributed by atoms with Crippen molar-refractivity contribution in [3.8, 4) is 5.75 Å². The minimum absolute atomic E-state index is 0.142. The number of aromatic carboxylic acids is 1. The van der Waals surface area contributed by atoms with Crippen LogP contribution >= 0.6 is 11.8 Å². The Labute approximate surface area is 139 Å². The first-order valence-electron chi connectivity index (χ1n) is 7.29. The molecule has 0 radical (unpaired) electrons. The van der Waals surface area contributed by atoms with Gasteiger partial charge in [0.25, 0.3) is 5.22 Å². The van der Waals surface area contributed by atoms with Gasteiger partial charge in [-0.25, -0.2) is 4.79 Å². The molecule has 0 aliphatic carbocycles. The Morgan fingerprint density at radius 3 is 2.52 bits per heavy atom. The summed E-state index contributed by atoms with van der Waals surface area (Å²) in [5, 5.41) is 17.4. The fraction of sp³-hybridized carbons (Fsp3) is 0.438. The zero-order valence-corrected chi connectivity index (χ0v) is 14.2. The van der Waals surface area contributed by atoms with E-state index in [2.05, 4.69) is 10.2 Å². The molecule has 0 unspecified atom stereocenters. The third kappa shape index (κ3) is 5.28. The Morgan fingerprint density at radius 2 is 1.96 bits per heavy atom. The topological polar surface area (TPSA) is 85.5 Å². The maximum absolute atomic E-state index is 10.7. The van der Waals surface area contributed by atoms with Gasteiger partial charge in [-0.15, -0.1) is 10.2 Å². The number of aromatic nitrogens is 2. The minimum Gasteiger partial charge on any atom is -0.494 e. The van der Waals surface area contributed by atoms with Gasteiger partial charge in [0.15, 0.2) is 0 Å². The lowest BCUT2D eigenvalue weighted by Gasteiger charge is -2.10. The smallest absolute Gasteiger partial charge is 0.335 e. The monoisotopic (exact) mass is 336 g/mol. The number of hydrogen-bond donors (Lipinski definition) is 1. The summed E-state index contributed by atoms with van der Waals surface area (Å²) in [6.07, 6.45) is 0.818. The van der Waals surface area contributed by atoms with E-state index in [-0.39, 0.29) is 11.0 Å². The lowest BCUT2D eigenvalue weighted by molar-refractivity contribution is 0.0697. The van der Waals surface area contributed by atoms with Crippen molar-refractivity contribution in [3.63, 3.8) is 0 Å². The van der Waals surface area contributed by atoms with Crippen molar-refractivity contribution in [3.05, 3.63) is 35.7 Å². The molecule has 2 rings (SSSR count). The summed E-state index contributed by atoms with van der Waals surface area (Å²) < 4.78 is 11.2. The van der Waals surface area contributed by atoms with Gasteiger partial charge in [0.1, 0.15) is 5.75 Å². The number of nitrogens with zero attached hydrogens (tertiary/aromatic N) is 2. The van der Waals surface area contributed by atoms with Gasteiger partial charge in [-0.1, -0.05) is 32.5 Å². The van der Waals surface area contributed by atoms with Crippen LogP contribution in [0, 0.1) is 0 Å². The molecule has 124 valence electrons. The second-order valence-corrected chi connectivity index (χ2v) is 7.05. The lowest BCUT2D eigenvalue weighted by Crippen LogP contribution is -2.11. The molecule has 1 aromatic heterocycles. The molecule has 0 aliphatic rings. The Bertz CT molecular complexity index is 647. The highest BCUT2D eigenvalue weighted by molar-refractivity contribution is 7.99. The average molecular weight is 336 g/mol. The van der Waals surface area contributed by atoms with E-state index >= 15 is 0 Å². The zero-order valence-electron chi connectivity index (χ0n) is 13.4. The van der Waals surface area contributed by atoms with Crippen LogP contribution in [-0.4, -0.2) is 33.6 Å². The van der Waals surface area contributed by atoms with Gasteiger partial charge < -0.3 is 14.3 Å². The summed E-state index contributed by atoms with van der Waals surface area (Å²) in [6.45, 7) is 6.62. The van der Waals surface area contributed by atoms with Crippen LogP contribution in [-0.2, 0) is 5.41 Å². The second kappa shape index (κ2) is 7.50. The van der Waals surface area contributed by atoms with Crippen LogP contribution in [0.5, 0.6) is 5.75 Å². The molecule has 2 aromatic rings. The molecule has 0 atom stereocenters. The molecule has 0 fully saturated rings. The van der Waals surface area contributed by atoms with Crippen molar-refractivity contribution >= 4 is 17.7 Å². The quantitative estimate of drug-likeness (QED) is 0.610. The molecule has 7 heteroatoms. The molecule has 0 saturated heterocycles. The van der Waals surface area contributed by atoms with Crippen LogP contribution in [0.25, 0.3) is 0 Å². The fourth-order valence-corrected chi connectivity index (χ4v) is 2.35. The van der Waals surface area contributed by atoms with E-state index in [0.29, 0.717) is 23.5 Å². The summed E-state index contributed by atoms with van der Waals surface area (Å²) >= 11 is 1.50. The number of carboxylic acids is 1. The highest BCUT2D eigenvalue weighted by atomic mass is 32.2. The van der Waals surface area contributed by atoms with Crippen molar-refractivity contribution in [2.45, 2.75) is 37.8 Å². The summed E-state index contributed by atoms with van der Waals surface area (Å²) in [5.41, 5.74) is 0.107. The van der Waals surface area contributed by atoms with Gasteiger partial charge in [0.2, 0.25) is 5.89 Å². The predicted octanol–water partition coefficient (Wildman–Crippen LogP) is 3.63. The highest BCUT2D eigenvalue weighted by Crippen LogP contribution is 2.24. The van der Waals surface area contributed by atoms with Crippen LogP contribution in [0.3, 0.4) is 0 Å². The average Bonchev–Trinajstić information content (AvgIpc) is 2.96. The Balaban J connectivity index is 1.69. The lowest BCUT2D eigenvalue weighted by atomic mass is 9.97. The third-order valence-corrected chi connectivity index (χ3v) is 3.84. The second-order valence-electron chi connectivity index (χ2n) is 6.00. The largest absolute Gasteiger partial charge is 0.494 e. The summed E-state index contributed by atoms with van der Waals surface area (Å²) in [6, 6.07) is 6.37. The number of rotatable bonds is 7. The summed E-state index contributed by atoms with van der Waals surface area (Å²) in [5.74, 6) is 1.16. The number of carboxylic acid groups (broad SMARTS) is 1. The van der Waals surface area contributed by atoms with Crippen LogP contribution in [0.15, 0.2) is 33.9 Å². The molecule has 1 heterocycles. The number of carbonyl (C=O) groups is 1. The molecule has 0 saturated carbocycles. The van der Waals surface area contributed by atoms with Crippen molar-refractivity contribution in [1.29, 1.82) is 0 Å². The molecule has 1 aromatic carbocycles. The predicted molar refractivity (Wildman–Crippen MR) is 87.2 cm³/mol. The molecule has 0 amide bonds. The van der Waals surface area contributed by atoms with Crippen molar-refractivity contribution in [2.75, 3.05) is 12.4 Å². The SMILES string of the molecule is CC(C)(C)c1nnc(SCCCOc2ccc(C(=O)O)cc2)o1. The number of thioether (sulfide) groups is 1. The molecule has 0 aliphatic heterocycles. The first-order valence-corrected chi connectivity index (χ1v) is 8.28. The van der Waals surface area contributed by atoms with E-state index in [4.69, 9.17) is 14.3 Å². The molecule has 1 N–H and O–H groups in total. The van der Waals surface area contributed by atoms with Crippen molar-refractivity contribution in [1.82, 2.24) is 10.2 Å². The number of ether oxygens (including phenoxy) is 1. The van der Waals surface area contributed by atoms with E-state index < -0.39 is 5.97 Å². The Hall–Kier alpha value is -2.02. The highest BCUT2D eigenvalue weighted by Gasteiger charge is 2.21. The Kier molecular flexibility index (Phi) is 5.65. The summed E-state index contributed by atoms with van der Waals surface area (Å²) in [4.78, 5) is 10.7. The van der Waals surface area contributed by atoms with Gasteiger partial charge in [-0.05, 0) is 30.7 Å². The van der Waals surface area contributed by atoms with Crippen molar-refractivity contribution in [2.24, 2.45) is 0 Å². The van der Waals surface area contributed by atoms with E-state index in [9.17, 15) is 4.79 Å². The molecule has 0 spiro atoms. The third-order valence-electron chi connectivity index (χ3n) is 2.93. The van der Waals surface area contributed by atoms with Gasteiger partial charge in [-0.3, -0.25) is 0 Å². The van der Waals surface area contributed by atoms with Crippen LogP contribution in [0.4, 0.5) is 0 Å². The van der Waals surface area contributed by atoms with Gasteiger partial charge in [0, 0.05) is 11.2 Å². The maximum Gasteiger partial charge on any atom is 0.335 e. The van der Waals surface area contributed by atoms with E-state index in [0.717, 1.165) is 12.2 Å². The van der Waals surface area contributed by atoms with E-state index in [1.807, 2.05) is 20.8 Å². The maximum atomic E-state index is 10.7. The number of benzene rings is 1. The zero-order chi connectivity index (χ0) is 16.9. The van der Waals surface area contributed by atoms with Gasteiger partial charge >= 0.3 is 5.97 Å². The van der Waals surface area contributed by atoms with Gasteiger partial charge in [-0.2, -0.15) is 0 Å². The molecule has 6 nitrogen and oxygen atoms in total. The van der Waals surface area contributed by atoms with Crippen LogP contribution in [0.1, 0.15) is 43.4 Å². The van der Waals surface area contributed by atoms with E-state index in [1.54, 1.807) is 12.1 Å². The number of hydrogen-bond acceptors (Lipinski definition) is 6. The Morgan fingerprint density at radius 1 is 1.26 bits per heavy atom. The van der Waals surface area contributed by atoms with Crippen LogP contribution < -0.4 is 4.74 Å². The standard InChI is InChI=1S/C16H20N2O4S/c1-16(2,3)14-17-18-15(22-14)23-10-4-9-21-12-7-5-11(6-8-12)13(19)20/h5-8H,4,9-10H2,1-3H3,(H,19,20). The molecule has 23 heavy (non-hydrogen) atoms. The van der Waals surface area contributed by atoms with E-state index in [1.165, 1.54) is 23.9 Å². The normalized spacial score (nSPS) is 11.4. The van der Waals surface area contributed by atoms with Crippen molar-refractivity contribution < 1.29 is 19.1 Å². The van der Waals surface area contributed by atoms with Gasteiger partial charge in [0.05, 0.1) is 12.2 Å². The fourth-order valence-electron chi connectivity index (χ4n) is 1.67. The first-order chi connectivity index (χ1) is 10.9. The van der Waals surface area contributed by atoms with Crippen LogP contribution in [0.2, 0.25) is 0 Å². The minimum atomic E-state index is -0.942.